The second-order valence-corrected chi connectivity index (χ2v) is 7.82. The summed E-state index contributed by atoms with van der Waals surface area (Å²) in [5.41, 5.74) is 2.17. The number of anilines is 1. The normalized spacial score (nSPS) is 14.4. The van der Waals surface area contributed by atoms with Crippen LogP contribution < -0.4 is 15.0 Å². The minimum atomic E-state index is -0.145. The molecule has 1 aliphatic heterocycles. The number of rotatable bonds is 8. The quantitative estimate of drug-likeness (QED) is 0.591. The lowest BCUT2D eigenvalue weighted by Gasteiger charge is -2.35. The molecule has 4 rings (SSSR count). The predicted octanol–water partition coefficient (Wildman–Crippen LogP) is 2.90. The number of carbonyl (C=O) groups is 1. The Balaban J connectivity index is 1.30. The van der Waals surface area contributed by atoms with Crippen LogP contribution >= 0.6 is 0 Å². The Bertz CT molecular complexity index is 952. The number of nitrogens with zero attached hydrogens (tertiary/aromatic N) is 4. The number of aromatic nitrogens is 2. The molecule has 0 unspecified atom stereocenters. The van der Waals surface area contributed by atoms with Gasteiger partial charge in [0.1, 0.15) is 0 Å². The molecule has 3 aromatic rings. The minimum Gasteiger partial charge on any atom is -0.480 e. The standard InChI is InChI=1S/C25H29N5O2/c1-32-24-19-26-18-22(27-24)30-16-14-29(15-17-30)13-12-23(31)28-25(20-8-4-2-5-9-20)21-10-6-3-7-11-21/h2-11,18-19,25H,12-17H2,1H3,(H,28,31). The van der Waals surface area contributed by atoms with Crippen LogP contribution in [-0.4, -0.2) is 60.6 Å². The van der Waals surface area contributed by atoms with Gasteiger partial charge in [0, 0.05) is 39.1 Å². The number of nitrogens with one attached hydrogen (secondary N) is 1. The Morgan fingerprint density at radius 1 is 0.969 bits per heavy atom. The number of carbonyl (C=O) groups excluding carboxylic acids is 1. The van der Waals surface area contributed by atoms with Crippen LogP contribution in [0.25, 0.3) is 0 Å². The van der Waals surface area contributed by atoms with Crippen LogP contribution in [0.15, 0.2) is 73.1 Å². The smallest absolute Gasteiger partial charge is 0.233 e. The Hall–Kier alpha value is -3.45. The molecule has 0 radical (unpaired) electrons. The van der Waals surface area contributed by atoms with Crippen LogP contribution in [0.5, 0.6) is 5.88 Å². The Kier molecular flexibility index (Phi) is 7.30. The molecule has 7 heteroatoms. The lowest BCUT2D eigenvalue weighted by atomic mass is 9.98. The Morgan fingerprint density at radius 2 is 1.59 bits per heavy atom. The molecule has 1 fully saturated rings. The summed E-state index contributed by atoms with van der Waals surface area (Å²) >= 11 is 0. The minimum absolute atomic E-state index is 0.0591. The van der Waals surface area contributed by atoms with Crippen LogP contribution in [0.2, 0.25) is 0 Å². The molecule has 2 heterocycles. The predicted molar refractivity (Wildman–Crippen MR) is 125 cm³/mol. The average molecular weight is 432 g/mol. The third-order valence-corrected chi connectivity index (χ3v) is 5.73. The molecule has 1 aliphatic rings. The monoisotopic (exact) mass is 431 g/mol. The second kappa shape index (κ2) is 10.7. The van der Waals surface area contributed by atoms with E-state index in [0.717, 1.165) is 49.7 Å². The molecule has 1 aromatic heterocycles. The van der Waals surface area contributed by atoms with Crippen molar-refractivity contribution in [2.24, 2.45) is 0 Å². The third kappa shape index (κ3) is 5.62. The number of hydrogen-bond donors (Lipinski definition) is 1. The lowest BCUT2D eigenvalue weighted by Crippen LogP contribution is -2.47. The number of amides is 1. The van der Waals surface area contributed by atoms with Gasteiger partial charge in [0.2, 0.25) is 11.8 Å². The highest BCUT2D eigenvalue weighted by molar-refractivity contribution is 5.77. The maximum atomic E-state index is 12.8. The summed E-state index contributed by atoms with van der Waals surface area (Å²) in [7, 11) is 1.59. The van der Waals surface area contributed by atoms with Crippen molar-refractivity contribution in [3.63, 3.8) is 0 Å². The first-order valence-corrected chi connectivity index (χ1v) is 11.0. The molecule has 1 amide bonds. The first kappa shape index (κ1) is 21.8. The number of ether oxygens (including phenoxy) is 1. The van der Waals surface area contributed by atoms with Gasteiger partial charge >= 0.3 is 0 Å². The summed E-state index contributed by atoms with van der Waals surface area (Å²) in [6, 6.07) is 20.1. The van der Waals surface area contributed by atoms with Gasteiger partial charge in [0.25, 0.3) is 0 Å². The molecule has 0 atom stereocenters. The van der Waals surface area contributed by atoms with E-state index in [0.29, 0.717) is 12.3 Å². The molecule has 166 valence electrons. The van der Waals surface area contributed by atoms with Crippen molar-refractivity contribution in [2.45, 2.75) is 12.5 Å². The molecule has 0 aliphatic carbocycles. The number of hydrogen-bond acceptors (Lipinski definition) is 6. The van der Waals surface area contributed by atoms with E-state index >= 15 is 0 Å². The van der Waals surface area contributed by atoms with Gasteiger partial charge in [-0.25, -0.2) is 0 Å². The summed E-state index contributed by atoms with van der Waals surface area (Å²) in [6.07, 6.45) is 3.84. The molecular weight excluding hydrogens is 402 g/mol. The van der Waals surface area contributed by atoms with Crippen molar-refractivity contribution in [1.82, 2.24) is 20.2 Å². The van der Waals surface area contributed by atoms with E-state index in [9.17, 15) is 4.79 Å². The summed E-state index contributed by atoms with van der Waals surface area (Å²) in [6.45, 7) is 4.19. The molecule has 0 bridgehead atoms. The molecule has 1 saturated heterocycles. The molecule has 0 saturated carbocycles. The highest BCUT2D eigenvalue weighted by Gasteiger charge is 2.21. The average Bonchev–Trinajstić information content (AvgIpc) is 2.87. The van der Waals surface area contributed by atoms with E-state index in [4.69, 9.17) is 4.74 Å². The summed E-state index contributed by atoms with van der Waals surface area (Å²) in [5, 5.41) is 3.23. The van der Waals surface area contributed by atoms with E-state index in [-0.39, 0.29) is 11.9 Å². The molecule has 32 heavy (non-hydrogen) atoms. The molecule has 0 spiro atoms. The number of piperazine rings is 1. The highest BCUT2D eigenvalue weighted by atomic mass is 16.5. The maximum Gasteiger partial charge on any atom is 0.233 e. The zero-order chi connectivity index (χ0) is 22.2. The fraction of sp³-hybridized carbons (Fsp3) is 0.320. The second-order valence-electron chi connectivity index (χ2n) is 7.82. The first-order chi connectivity index (χ1) is 15.7. The number of methoxy groups -OCH3 is 1. The Morgan fingerprint density at radius 3 is 2.19 bits per heavy atom. The fourth-order valence-electron chi connectivity index (χ4n) is 3.93. The van der Waals surface area contributed by atoms with Gasteiger partial charge in [-0.2, -0.15) is 4.98 Å². The zero-order valence-electron chi connectivity index (χ0n) is 18.4. The van der Waals surface area contributed by atoms with Gasteiger partial charge in [-0.1, -0.05) is 60.7 Å². The lowest BCUT2D eigenvalue weighted by molar-refractivity contribution is -0.121. The first-order valence-electron chi connectivity index (χ1n) is 11.0. The largest absolute Gasteiger partial charge is 0.480 e. The van der Waals surface area contributed by atoms with Gasteiger partial charge in [-0.15, -0.1) is 0 Å². The summed E-state index contributed by atoms with van der Waals surface area (Å²) < 4.78 is 5.17. The highest BCUT2D eigenvalue weighted by Crippen LogP contribution is 2.22. The van der Waals surface area contributed by atoms with E-state index in [2.05, 4.69) is 49.4 Å². The van der Waals surface area contributed by atoms with Crippen molar-refractivity contribution >= 4 is 11.7 Å². The molecule has 2 aromatic carbocycles. The summed E-state index contributed by atoms with van der Waals surface area (Å²) in [4.78, 5) is 26.0. The zero-order valence-corrected chi connectivity index (χ0v) is 18.4. The van der Waals surface area contributed by atoms with E-state index in [1.165, 1.54) is 0 Å². The van der Waals surface area contributed by atoms with Crippen LogP contribution in [0.3, 0.4) is 0 Å². The van der Waals surface area contributed by atoms with Gasteiger partial charge in [0.05, 0.1) is 25.5 Å². The maximum absolute atomic E-state index is 12.8. The van der Waals surface area contributed by atoms with Crippen molar-refractivity contribution in [3.8, 4) is 5.88 Å². The molecular formula is C25H29N5O2. The topological polar surface area (TPSA) is 70.6 Å². The van der Waals surface area contributed by atoms with E-state index in [1.54, 1.807) is 19.5 Å². The fourth-order valence-corrected chi connectivity index (χ4v) is 3.93. The van der Waals surface area contributed by atoms with Crippen molar-refractivity contribution in [2.75, 3.05) is 44.7 Å². The summed E-state index contributed by atoms with van der Waals surface area (Å²) in [5.74, 6) is 1.41. The van der Waals surface area contributed by atoms with Gasteiger partial charge in [-0.05, 0) is 11.1 Å². The van der Waals surface area contributed by atoms with E-state index < -0.39 is 0 Å². The van der Waals surface area contributed by atoms with E-state index in [1.807, 2.05) is 36.4 Å². The molecule has 1 N–H and O–H groups in total. The van der Waals surface area contributed by atoms with Crippen LogP contribution in [-0.2, 0) is 4.79 Å². The van der Waals surface area contributed by atoms with Crippen LogP contribution in [0.4, 0.5) is 5.82 Å². The SMILES string of the molecule is COc1cncc(N2CCN(CCC(=O)NC(c3ccccc3)c3ccccc3)CC2)n1. The van der Waals surface area contributed by atoms with Crippen molar-refractivity contribution < 1.29 is 9.53 Å². The third-order valence-electron chi connectivity index (χ3n) is 5.73. The van der Waals surface area contributed by atoms with Crippen molar-refractivity contribution in [3.05, 3.63) is 84.2 Å². The van der Waals surface area contributed by atoms with Gasteiger partial charge < -0.3 is 15.0 Å². The van der Waals surface area contributed by atoms with Crippen LogP contribution in [0.1, 0.15) is 23.6 Å². The Labute approximate surface area is 189 Å². The van der Waals surface area contributed by atoms with Gasteiger partial charge in [0.15, 0.2) is 5.82 Å². The van der Waals surface area contributed by atoms with Crippen molar-refractivity contribution in [1.29, 1.82) is 0 Å². The molecule has 7 nitrogen and oxygen atoms in total. The van der Waals surface area contributed by atoms with Crippen LogP contribution in [0, 0.1) is 0 Å². The van der Waals surface area contributed by atoms with Gasteiger partial charge in [-0.3, -0.25) is 14.7 Å². The number of benzene rings is 2.